The number of aryl methyl sites for hydroxylation is 2. The molecule has 2 atom stereocenters. The number of nitrogens with one attached hydrogen (secondary N) is 2. The van der Waals surface area contributed by atoms with E-state index in [-0.39, 0.29) is 11.3 Å². The van der Waals surface area contributed by atoms with Gasteiger partial charge < -0.3 is 20.5 Å². The molecule has 266 valence electrons. The number of hydrogen-bond donors (Lipinski definition) is 3. The van der Waals surface area contributed by atoms with Crippen LogP contribution in [0.2, 0.25) is 10.0 Å². The summed E-state index contributed by atoms with van der Waals surface area (Å²) in [6.45, 7) is 5.84. The van der Waals surface area contributed by atoms with Gasteiger partial charge in [-0.25, -0.2) is 14.8 Å². The second-order valence-electron chi connectivity index (χ2n) is 12.6. The Morgan fingerprint density at radius 1 is 0.961 bits per heavy atom. The molecule has 5 aromatic rings. The fraction of sp³-hybridized carbons (Fsp3) is 0.342. The molecule has 2 fully saturated rings. The summed E-state index contributed by atoms with van der Waals surface area (Å²) in [7, 11) is 4.69. The largest absolute Gasteiger partial charge is 0.481 e. The van der Waals surface area contributed by atoms with Gasteiger partial charge in [-0.15, -0.1) is 0 Å². The zero-order chi connectivity index (χ0) is 36.6. The van der Waals surface area contributed by atoms with Gasteiger partial charge in [0.1, 0.15) is 11.2 Å². The molecule has 2 aliphatic carbocycles. The van der Waals surface area contributed by atoms with Crippen molar-refractivity contribution in [2.75, 3.05) is 25.5 Å². The Bertz CT molecular complexity index is 2260. The number of halogens is 2. The zero-order valence-electron chi connectivity index (χ0n) is 29.1. The number of nitrogens with zero attached hydrogens (tertiary/aromatic N) is 4. The van der Waals surface area contributed by atoms with Crippen LogP contribution in [0, 0.1) is 17.8 Å². The number of piperidine rings is 1. The Morgan fingerprint density at radius 2 is 1.63 bits per heavy atom. The van der Waals surface area contributed by atoms with E-state index in [0.717, 1.165) is 59.3 Å². The molecule has 0 spiro atoms. The van der Waals surface area contributed by atoms with E-state index in [1.165, 1.54) is 17.2 Å². The summed E-state index contributed by atoms with van der Waals surface area (Å²) in [6.07, 6.45) is 4.56. The van der Waals surface area contributed by atoms with Crippen molar-refractivity contribution in [3.8, 4) is 28.3 Å². The van der Waals surface area contributed by atoms with E-state index in [1.54, 1.807) is 32.5 Å². The van der Waals surface area contributed by atoms with E-state index < -0.39 is 17.2 Å². The molecule has 2 unspecified atom stereocenters. The average molecular weight is 732 g/mol. The maximum Gasteiger partial charge on any atom is 0.330 e. The smallest absolute Gasteiger partial charge is 0.330 e. The van der Waals surface area contributed by atoms with Gasteiger partial charge in [0.2, 0.25) is 5.88 Å². The first-order chi connectivity index (χ1) is 24.6. The third-order valence-corrected chi connectivity index (χ3v) is 10.6. The summed E-state index contributed by atoms with van der Waals surface area (Å²) in [5.41, 5.74) is 5.49. The highest BCUT2D eigenvalue weighted by Gasteiger charge is 2.57. The Kier molecular flexibility index (Phi) is 10.5. The molecule has 51 heavy (non-hydrogen) atoms. The number of carbonyl (C=O) groups is 1. The van der Waals surface area contributed by atoms with Crippen LogP contribution in [0.25, 0.3) is 33.3 Å². The van der Waals surface area contributed by atoms with Crippen LogP contribution in [0.4, 0.5) is 11.5 Å². The van der Waals surface area contributed by atoms with Crippen molar-refractivity contribution in [3.63, 3.8) is 0 Å². The molecular formula is C38H40Cl2N6O5. The van der Waals surface area contributed by atoms with Gasteiger partial charge in [0.25, 0.3) is 5.56 Å². The highest BCUT2D eigenvalue weighted by atomic mass is 35.5. The highest BCUT2D eigenvalue weighted by molar-refractivity contribution is 6.39. The predicted molar refractivity (Wildman–Crippen MR) is 202 cm³/mol. The van der Waals surface area contributed by atoms with Gasteiger partial charge in [0.05, 0.1) is 40.0 Å². The number of rotatable bonds is 6. The Labute approximate surface area is 305 Å². The van der Waals surface area contributed by atoms with Gasteiger partial charge in [0, 0.05) is 42.5 Å². The maximum absolute atomic E-state index is 13.0. The zero-order valence-corrected chi connectivity index (χ0v) is 30.6. The summed E-state index contributed by atoms with van der Waals surface area (Å²) < 4.78 is 8.06. The lowest BCUT2D eigenvalue weighted by molar-refractivity contribution is -0.139. The molecule has 8 rings (SSSR count). The number of aromatic nitrogens is 4. The van der Waals surface area contributed by atoms with E-state index in [2.05, 4.69) is 21.7 Å². The number of fused-ring (bicyclic) bond motifs is 3. The van der Waals surface area contributed by atoms with Crippen molar-refractivity contribution in [1.29, 1.82) is 0 Å². The average Bonchev–Trinajstić information content (AvgIpc) is 3.41. The van der Waals surface area contributed by atoms with Gasteiger partial charge in [-0.3, -0.25) is 18.7 Å². The topological polar surface area (TPSA) is 140 Å². The number of carboxylic acid groups (broad SMARTS) is 1. The van der Waals surface area contributed by atoms with Gasteiger partial charge in [-0.1, -0.05) is 67.4 Å². The normalized spacial score (nSPS) is 18.1. The van der Waals surface area contributed by atoms with Crippen LogP contribution in [0.1, 0.15) is 31.4 Å². The lowest BCUT2D eigenvalue weighted by Crippen LogP contribution is -2.37. The summed E-state index contributed by atoms with van der Waals surface area (Å²) >= 11 is 14.0. The van der Waals surface area contributed by atoms with Crippen molar-refractivity contribution in [1.82, 2.24) is 24.4 Å². The van der Waals surface area contributed by atoms with E-state index in [0.29, 0.717) is 50.3 Å². The van der Waals surface area contributed by atoms with Crippen LogP contribution in [0.15, 0.2) is 64.3 Å². The number of hydrogen-bond acceptors (Lipinski definition) is 8. The number of pyridine rings is 2. The first-order valence-electron chi connectivity index (χ1n) is 17.0. The number of aliphatic carboxylic acids is 1. The molecule has 3 N–H and O–H groups in total. The third kappa shape index (κ3) is 6.61. The molecule has 2 aromatic carbocycles. The molecule has 1 saturated heterocycles. The Morgan fingerprint density at radius 3 is 2.29 bits per heavy atom. The summed E-state index contributed by atoms with van der Waals surface area (Å²) in [5.74, 6) is 1.24. The van der Waals surface area contributed by atoms with Crippen LogP contribution in [-0.4, -0.2) is 50.4 Å². The fourth-order valence-corrected chi connectivity index (χ4v) is 7.76. The van der Waals surface area contributed by atoms with Crippen molar-refractivity contribution in [2.24, 2.45) is 31.8 Å². The molecule has 0 amide bonds. The molecule has 3 aromatic heterocycles. The quantitative estimate of drug-likeness (QED) is 0.179. The second-order valence-corrected chi connectivity index (χ2v) is 13.3. The van der Waals surface area contributed by atoms with Gasteiger partial charge in [-0.05, 0) is 68.0 Å². The predicted octanol–water partition coefficient (Wildman–Crippen LogP) is 6.47. The van der Waals surface area contributed by atoms with E-state index >= 15 is 0 Å². The minimum Gasteiger partial charge on any atom is -0.481 e. The number of anilines is 2. The Balaban J connectivity index is 0.000000348. The second kappa shape index (κ2) is 14.9. The first kappa shape index (κ1) is 36.1. The SMILES string of the molecule is CC.COc1nc(-c2cccc(-c3cccc(Nc4nccc5c4c(=O)n(C)c(=O)n5C)c3Cl)c2Cl)cc2c1CCC2.O=C(O)C1C2CNCC21. The lowest BCUT2D eigenvalue weighted by Gasteiger charge is -2.16. The van der Waals surface area contributed by atoms with Crippen LogP contribution >= 0.6 is 23.2 Å². The minimum absolute atomic E-state index is 0.00810. The number of ether oxygens (including phenoxy) is 1. The molecule has 11 nitrogen and oxygen atoms in total. The van der Waals surface area contributed by atoms with E-state index in [4.69, 9.17) is 38.0 Å². The summed E-state index contributed by atoms with van der Waals surface area (Å²) in [4.78, 5) is 44.9. The molecule has 0 radical (unpaired) electrons. The van der Waals surface area contributed by atoms with Crippen LogP contribution in [0.3, 0.4) is 0 Å². The van der Waals surface area contributed by atoms with Gasteiger partial charge in [0.15, 0.2) is 0 Å². The molecular weight excluding hydrogens is 691 g/mol. The first-order valence-corrected chi connectivity index (χ1v) is 17.8. The van der Waals surface area contributed by atoms with Crippen molar-refractivity contribution < 1.29 is 14.6 Å². The van der Waals surface area contributed by atoms with E-state index in [1.807, 2.05) is 44.2 Å². The fourth-order valence-electron chi connectivity index (χ4n) is 7.16. The number of carboxylic acids is 1. The van der Waals surface area contributed by atoms with Gasteiger partial charge in [-0.2, -0.15) is 0 Å². The van der Waals surface area contributed by atoms with Crippen LogP contribution in [0.5, 0.6) is 5.88 Å². The Hall–Kier alpha value is -4.71. The maximum atomic E-state index is 13.0. The van der Waals surface area contributed by atoms with Crippen LogP contribution in [-0.2, 0) is 31.7 Å². The number of methoxy groups -OCH3 is 1. The summed E-state index contributed by atoms with van der Waals surface area (Å²) in [5, 5.41) is 16.1. The summed E-state index contributed by atoms with van der Waals surface area (Å²) in [6, 6.07) is 15.0. The van der Waals surface area contributed by atoms with Crippen LogP contribution < -0.4 is 26.6 Å². The van der Waals surface area contributed by atoms with Crippen molar-refractivity contribution in [3.05, 3.63) is 96.7 Å². The third-order valence-electron chi connectivity index (χ3n) is 9.82. The molecule has 13 heteroatoms. The monoisotopic (exact) mass is 730 g/mol. The minimum atomic E-state index is -0.605. The van der Waals surface area contributed by atoms with E-state index in [9.17, 15) is 14.4 Å². The van der Waals surface area contributed by atoms with Crippen molar-refractivity contribution >= 4 is 51.6 Å². The molecule has 0 bridgehead atoms. The standard InChI is InChI=1S/C30H25Cl2N5O3.C6H9NO2.C2H6/c1-36-23-13-14-33-27(24(23)29(38)37(2)30(36)39)34-21-12-6-10-19(26(21)32)18-9-5-11-20(25(18)31)22-15-16-7-4-8-17(16)28(35-22)40-3;8-6(9)5-3-1-7-2-4(3)5;1-2/h5-6,9-15H,4,7-8H2,1-3H3,(H,33,34);3-5,7H,1-2H2,(H,8,9);1-2H3. The molecule has 1 aliphatic heterocycles. The van der Waals surface area contributed by atoms with Crippen molar-refractivity contribution in [2.45, 2.75) is 33.1 Å². The molecule has 1 saturated carbocycles. The molecule has 3 aliphatic rings. The van der Waals surface area contributed by atoms with Gasteiger partial charge >= 0.3 is 11.7 Å². The molecule has 4 heterocycles. The lowest BCUT2D eigenvalue weighted by atomic mass is 9.99. The highest BCUT2D eigenvalue weighted by Crippen LogP contribution is 2.48. The number of benzene rings is 2.